The molecule has 3 rings (SSSR count). The van der Waals surface area contributed by atoms with E-state index in [-0.39, 0.29) is 11.9 Å². The van der Waals surface area contributed by atoms with E-state index in [4.69, 9.17) is 5.26 Å². The first-order chi connectivity index (χ1) is 11.6. The highest BCUT2D eigenvalue weighted by molar-refractivity contribution is 5.93. The third kappa shape index (κ3) is 3.43. The zero-order chi connectivity index (χ0) is 17.1. The third-order valence-electron chi connectivity index (χ3n) is 4.56. The van der Waals surface area contributed by atoms with Crippen LogP contribution in [0.25, 0.3) is 0 Å². The van der Waals surface area contributed by atoms with E-state index in [0.29, 0.717) is 11.3 Å². The zero-order valence-corrected chi connectivity index (χ0v) is 14.1. The van der Waals surface area contributed by atoms with Crippen LogP contribution >= 0.6 is 0 Å². The van der Waals surface area contributed by atoms with Gasteiger partial charge in [0.05, 0.1) is 5.56 Å². The summed E-state index contributed by atoms with van der Waals surface area (Å²) in [4.78, 5) is 14.8. The second-order valence-corrected chi connectivity index (χ2v) is 6.41. The number of hydrogen-bond donors (Lipinski definition) is 1. The van der Waals surface area contributed by atoms with Gasteiger partial charge in [0.25, 0.3) is 5.91 Å². The summed E-state index contributed by atoms with van der Waals surface area (Å²) in [7, 11) is 1.79. The van der Waals surface area contributed by atoms with Gasteiger partial charge >= 0.3 is 0 Å². The number of aromatic nitrogens is 1. The van der Waals surface area contributed by atoms with Crippen LogP contribution in [0, 0.1) is 18.3 Å². The van der Waals surface area contributed by atoms with Crippen molar-refractivity contribution >= 4 is 11.6 Å². The normalized spacial score (nSPS) is 15.1. The number of benzene rings is 1. The number of nitrogens with one attached hydrogen (secondary N) is 1. The molecule has 1 aromatic carbocycles. The van der Waals surface area contributed by atoms with E-state index in [9.17, 15) is 4.79 Å². The van der Waals surface area contributed by atoms with Gasteiger partial charge in [-0.25, -0.2) is 0 Å². The van der Waals surface area contributed by atoms with Crippen molar-refractivity contribution in [2.45, 2.75) is 25.8 Å². The molecule has 24 heavy (non-hydrogen) atoms. The molecule has 0 aliphatic carbocycles. The Kier molecular flexibility index (Phi) is 4.57. The van der Waals surface area contributed by atoms with E-state index in [1.165, 1.54) is 11.3 Å². The first kappa shape index (κ1) is 16.1. The molecule has 124 valence electrons. The number of hydrogen-bond acceptors (Lipinski definition) is 3. The van der Waals surface area contributed by atoms with Crippen LogP contribution in [0.15, 0.2) is 36.5 Å². The maximum atomic E-state index is 12.4. The van der Waals surface area contributed by atoms with Crippen LogP contribution in [-0.4, -0.2) is 29.6 Å². The van der Waals surface area contributed by atoms with Crippen LogP contribution in [0.1, 0.15) is 34.5 Å². The number of amides is 1. The molecule has 0 atom stereocenters. The lowest BCUT2D eigenvalue weighted by atomic mass is 10.0. The lowest BCUT2D eigenvalue weighted by Crippen LogP contribution is -2.45. The van der Waals surface area contributed by atoms with Gasteiger partial charge in [0, 0.05) is 38.1 Å². The third-order valence-corrected chi connectivity index (χ3v) is 4.56. The number of carbonyl (C=O) groups excluding carboxylic acids is 1. The van der Waals surface area contributed by atoms with E-state index in [1.807, 2.05) is 0 Å². The predicted octanol–water partition coefficient (Wildman–Crippen LogP) is 2.60. The Balaban J connectivity index is 1.58. The minimum atomic E-state index is -0.104. The lowest BCUT2D eigenvalue weighted by molar-refractivity contribution is 0.0923. The summed E-state index contributed by atoms with van der Waals surface area (Å²) >= 11 is 0. The van der Waals surface area contributed by atoms with Gasteiger partial charge in [-0.3, -0.25) is 4.79 Å². The molecule has 1 aliphatic heterocycles. The molecule has 2 aromatic rings. The molecule has 1 fully saturated rings. The van der Waals surface area contributed by atoms with E-state index in [0.717, 1.165) is 25.9 Å². The van der Waals surface area contributed by atoms with Crippen molar-refractivity contribution < 1.29 is 4.79 Å². The number of nitrogens with zero attached hydrogens (tertiary/aromatic N) is 3. The highest BCUT2D eigenvalue weighted by Crippen LogP contribution is 2.21. The Morgan fingerprint density at radius 3 is 2.67 bits per heavy atom. The second-order valence-electron chi connectivity index (χ2n) is 6.41. The molecule has 1 aliphatic rings. The van der Waals surface area contributed by atoms with Gasteiger partial charge in [-0.05, 0) is 43.5 Å². The second kappa shape index (κ2) is 6.79. The highest BCUT2D eigenvalue weighted by atomic mass is 16.2. The number of nitriles is 1. The van der Waals surface area contributed by atoms with Crippen molar-refractivity contribution in [1.82, 2.24) is 9.88 Å². The molecule has 0 saturated carbocycles. The molecular formula is C19H22N4O. The largest absolute Gasteiger partial charge is 0.371 e. The van der Waals surface area contributed by atoms with Gasteiger partial charge in [-0.15, -0.1) is 0 Å². The molecule has 5 nitrogen and oxygen atoms in total. The van der Waals surface area contributed by atoms with E-state index in [2.05, 4.69) is 47.5 Å². The summed E-state index contributed by atoms with van der Waals surface area (Å²) in [6, 6.07) is 12.4. The van der Waals surface area contributed by atoms with E-state index >= 15 is 0 Å². The molecule has 1 amide bonds. The van der Waals surface area contributed by atoms with Gasteiger partial charge < -0.3 is 14.8 Å². The van der Waals surface area contributed by atoms with Crippen molar-refractivity contribution in [3.63, 3.8) is 0 Å². The molecule has 0 unspecified atom stereocenters. The van der Waals surface area contributed by atoms with Gasteiger partial charge in [0.2, 0.25) is 0 Å². The van der Waals surface area contributed by atoms with Gasteiger partial charge in [0.1, 0.15) is 11.8 Å². The number of piperidine rings is 1. The van der Waals surface area contributed by atoms with Crippen LogP contribution in [0.4, 0.5) is 5.69 Å². The first-order valence-corrected chi connectivity index (χ1v) is 8.26. The highest BCUT2D eigenvalue weighted by Gasteiger charge is 2.22. The average Bonchev–Trinajstić information content (AvgIpc) is 2.97. The average molecular weight is 322 g/mol. The topological polar surface area (TPSA) is 61.1 Å². The minimum absolute atomic E-state index is 0.104. The van der Waals surface area contributed by atoms with Crippen LogP contribution in [0.3, 0.4) is 0 Å². The van der Waals surface area contributed by atoms with Crippen LogP contribution in [0.5, 0.6) is 0 Å². The molecule has 0 spiro atoms. The van der Waals surface area contributed by atoms with Gasteiger partial charge in [-0.2, -0.15) is 5.26 Å². The first-order valence-electron chi connectivity index (χ1n) is 8.26. The molecular weight excluding hydrogens is 300 g/mol. The van der Waals surface area contributed by atoms with Crippen molar-refractivity contribution in [2.24, 2.45) is 7.05 Å². The van der Waals surface area contributed by atoms with Gasteiger partial charge in [0.15, 0.2) is 0 Å². The molecule has 0 radical (unpaired) electrons. The Bertz CT molecular complexity index is 779. The molecule has 2 heterocycles. The van der Waals surface area contributed by atoms with Crippen molar-refractivity contribution in [3.05, 3.63) is 53.3 Å². The van der Waals surface area contributed by atoms with E-state index < -0.39 is 0 Å². The minimum Gasteiger partial charge on any atom is -0.371 e. The quantitative estimate of drug-likeness (QED) is 0.945. The zero-order valence-electron chi connectivity index (χ0n) is 14.1. The maximum Gasteiger partial charge on any atom is 0.268 e. The molecule has 1 N–H and O–H groups in total. The summed E-state index contributed by atoms with van der Waals surface area (Å²) in [6.45, 7) is 3.97. The van der Waals surface area contributed by atoms with Crippen molar-refractivity contribution in [3.8, 4) is 6.07 Å². The molecule has 5 heteroatoms. The summed E-state index contributed by atoms with van der Waals surface area (Å²) in [5, 5.41) is 12.0. The summed E-state index contributed by atoms with van der Waals surface area (Å²) < 4.78 is 1.70. The standard InChI is InChI=1S/C19H22N4O/c1-14-4-3-5-17(10-14)23-8-6-16(7-9-23)21-19(24)18-11-15(12-20)13-22(18)2/h3-5,10-11,13,16H,6-9H2,1-2H3,(H,21,24). The fourth-order valence-electron chi connectivity index (χ4n) is 3.22. The fraction of sp³-hybridized carbons (Fsp3) is 0.368. The smallest absolute Gasteiger partial charge is 0.268 e. The maximum absolute atomic E-state index is 12.4. The lowest BCUT2D eigenvalue weighted by Gasteiger charge is -2.34. The molecule has 0 bridgehead atoms. The van der Waals surface area contributed by atoms with Crippen molar-refractivity contribution in [1.29, 1.82) is 5.26 Å². The Labute approximate surface area is 142 Å². The molecule has 1 saturated heterocycles. The number of carbonyl (C=O) groups is 1. The SMILES string of the molecule is Cc1cccc(N2CCC(NC(=O)c3cc(C#N)cn3C)CC2)c1. The Morgan fingerprint density at radius 1 is 1.29 bits per heavy atom. The Morgan fingerprint density at radius 2 is 2.04 bits per heavy atom. The predicted molar refractivity (Wildman–Crippen MR) is 94.0 cm³/mol. The Hall–Kier alpha value is -2.74. The summed E-state index contributed by atoms with van der Waals surface area (Å²) in [5.74, 6) is -0.104. The van der Waals surface area contributed by atoms with E-state index in [1.54, 1.807) is 23.9 Å². The summed E-state index contributed by atoms with van der Waals surface area (Å²) in [6.07, 6.45) is 3.53. The fourth-order valence-corrected chi connectivity index (χ4v) is 3.22. The van der Waals surface area contributed by atoms with Crippen LogP contribution < -0.4 is 10.2 Å². The molecule has 1 aromatic heterocycles. The number of rotatable bonds is 3. The van der Waals surface area contributed by atoms with Gasteiger partial charge in [-0.1, -0.05) is 12.1 Å². The van der Waals surface area contributed by atoms with Crippen molar-refractivity contribution in [2.75, 3.05) is 18.0 Å². The van der Waals surface area contributed by atoms with Crippen LogP contribution in [0.2, 0.25) is 0 Å². The monoisotopic (exact) mass is 322 g/mol. The van der Waals surface area contributed by atoms with Crippen LogP contribution in [-0.2, 0) is 7.05 Å². The number of aryl methyl sites for hydroxylation is 2. The summed E-state index contributed by atoms with van der Waals surface area (Å²) in [5.41, 5.74) is 3.56. The number of anilines is 1.